The Morgan fingerprint density at radius 1 is 1.23 bits per heavy atom. The Bertz CT molecular complexity index is 518. The van der Waals surface area contributed by atoms with Crippen molar-refractivity contribution in [1.29, 1.82) is 0 Å². The van der Waals surface area contributed by atoms with E-state index >= 15 is 0 Å². The monoisotopic (exact) mass is 345 g/mol. The number of nitrogens with one attached hydrogen (secondary N) is 2. The number of aromatic nitrogens is 2. The fourth-order valence-corrected chi connectivity index (χ4v) is 2.21. The molecule has 0 unspecified atom stereocenters. The van der Waals surface area contributed by atoms with Gasteiger partial charge < -0.3 is 15.0 Å². The van der Waals surface area contributed by atoms with Crippen molar-refractivity contribution < 1.29 is 4.74 Å². The number of hydrogen-bond acceptors (Lipinski definition) is 3. The summed E-state index contributed by atoms with van der Waals surface area (Å²) < 4.78 is 5.43. The van der Waals surface area contributed by atoms with Gasteiger partial charge in [-0.2, -0.15) is 0 Å². The summed E-state index contributed by atoms with van der Waals surface area (Å²) in [6.45, 7) is 4.08. The van der Waals surface area contributed by atoms with Crippen molar-refractivity contribution >= 4 is 24.8 Å². The van der Waals surface area contributed by atoms with Crippen LogP contribution in [0.2, 0.25) is 0 Å². The molecule has 0 aliphatic carbocycles. The summed E-state index contributed by atoms with van der Waals surface area (Å²) in [6, 6.07) is 6.16. The quantitative estimate of drug-likeness (QED) is 0.704. The van der Waals surface area contributed by atoms with Crippen LogP contribution in [0.1, 0.15) is 31.7 Å². The largest absolute Gasteiger partial charge is 0.496 e. The number of ether oxygens (including phenoxy) is 1. The fraction of sp³-hybridized carbons (Fsp3) is 0.438. The Hall–Kier alpha value is -1.23. The lowest BCUT2D eigenvalue weighted by Crippen LogP contribution is -2.15. The van der Waals surface area contributed by atoms with Gasteiger partial charge in [0.15, 0.2) is 0 Å². The number of imidazole rings is 1. The lowest BCUT2D eigenvalue weighted by Gasteiger charge is -2.11. The van der Waals surface area contributed by atoms with Gasteiger partial charge in [-0.1, -0.05) is 19.8 Å². The molecule has 0 atom stereocenters. The van der Waals surface area contributed by atoms with Crippen molar-refractivity contribution in [2.45, 2.75) is 32.7 Å². The van der Waals surface area contributed by atoms with Gasteiger partial charge in [-0.15, -0.1) is 24.8 Å². The highest BCUT2D eigenvalue weighted by Gasteiger charge is 2.07. The van der Waals surface area contributed by atoms with Crippen molar-refractivity contribution in [3.63, 3.8) is 0 Å². The van der Waals surface area contributed by atoms with Gasteiger partial charge in [0.25, 0.3) is 0 Å². The first kappa shape index (κ1) is 20.8. The van der Waals surface area contributed by atoms with Gasteiger partial charge in [-0.3, -0.25) is 0 Å². The highest BCUT2D eigenvalue weighted by Crippen LogP contribution is 2.24. The maximum Gasteiger partial charge on any atom is 0.137 e. The molecular formula is C16H25Cl2N3O. The third kappa shape index (κ3) is 5.87. The van der Waals surface area contributed by atoms with E-state index < -0.39 is 0 Å². The first-order valence-corrected chi connectivity index (χ1v) is 7.22. The molecule has 1 aromatic carbocycles. The summed E-state index contributed by atoms with van der Waals surface area (Å²) in [5.41, 5.74) is 2.25. The Labute approximate surface area is 144 Å². The SMILES string of the molecule is CCCCCNCc1cc(-c2ncc[nH]2)ccc1OC.Cl.Cl. The summed E-state index contributed by atoms with van der Waals surface area (Å²) in [4.78, 5) is 7.42. The standard InChI is InChI=1S/C16H23N3O.2ClH/c1-3-4-5-8-17-12-14-11-13(6-7-15(14)20-2)16-18-9-10-19-16;;/h6-7,9-11,17H,3-5,8,12H2,1-2H3,(H,18,19);2*1H. The van der Waals surface area contributed by atoms with Crippen molar-refractivity contribution in [3.8, 4) is 17.1 Å². The summed E-state index contributed by atoms with van der Waals surface area (Å²) in [5.74, 6) is 1.81. The Morgan fingerprint density at radius 3 is 2.68 bits per heavy atom. The van der Waals surface area contributed by atoms with Crippen molar-refractivity contribution in [3.05, 3.63) is 36.2 Å². The third-order valence-corrected chi connectivity index (χ3v) is 3.32. The van der Waals surface area contributed by atoms with Gasteiger partial charge in [0, 0.05) is 30.1 Å². The number of H-pyrrole nitrogens is 1. The van der Waals surface area contributed by atoms with Crippen LogP contribution in [0.15, 0.2) is 30.6 Å². The van der Waals surface area contributed by atoms with Gasteiger partial charge in [0.1, 0.15) is 11.6 Å². The maximum absolute atomic E-state index is 5.43. The molecule has 4 nitrogen and oxygen atoms in total. The molecule has 124 valence electrons. The Kier molecular flexibility index (Phi) is 10.7. The van der Waals surface area contributed by atoms with Gasteiger partial charge in [0.2, 0.25) is 0 Å². The average Bonchev–Trinajstić information content (AvgIpc) is 3.01. The van der Waals surface area contributed by atoms with Crippen LogP contribution < -0.4 is 10.1 Å². The van der Waals surface area contributed by atoms with Gasteiger partial charge >= 0.3 is 0 Å². The topological polar surface area (TPSA) is 49.9 Å². The second kappa shape index (κ2) is 11.4. The smallest absolute Gasteiger partial charge is 0.137 e. The molecular weight excluding hydrogens is 321 g/mol. The zero-order valence-electron chi connectivity index (χ0n) is 13.1. The highest BCUT2D eigenvalue weighted by molar-refractivity contribution is 5.85. The summed E-state index contributed by atoms with van der Waals surface area (Å²) >= 11 is 0. The number of methoxy groups -OCH3 is 1. The molecule has 22 heavy (non-hydrogen) atoms. The van der Waals surface area contributed by atoms with E-state index in [0.717, 1.165) is 35.8 Å². The molecule has 0 radical (unpaired) electrons. The zero-order chi connectivity index (χ0) is 14.2. The summed E-state index contributed by atoms with van der Waals surface area (Å²) in [7, 11) is 1.71. The number of hydrogen-bond donors (Lipinski definition) is 2. The zero-order valence-corrected chi connectivity index (χ0v) is 14.7. The van der Waals surface area contributed by atoms with Gasteiger partial charge in [-0.25, -0.2) is 4.98 Å². The Morgan fingerprint density at radius 2 is 2.05 bits per heavy atom. The lowest BCUT2D eigenvalue weighted by molar-refractivity contribution is 0.407. The lowest BCUT2D eigenvalue weighted by atomic mass is 10.1. The molecule has 0 bridgehead atoms. The molecule has 2 N–H and O–H groups in total. The first-order valence-electron chi connectivity index (χ1n) is 7.22. The number of nitrogens with zero attached hydrogens (tertiary/aromatic N) is 1. The average molecular weight is 346 g/mol. The van der Waals surface area contributed by atoms with Crippen LogP contribution in [0.25, 0.3) is 11.4 Å². The second-order valence-electron chi connectivity index (χ2n) is 4.85. The molecule has 0 saturated carbocycles. The Balaban J connectivity index is 0.00000220. The molecule has 2 rings (SSSR count). The second-order valence-corrected chi connectivity index (χ2v) is 4.85. The third-order valence-electron chi connectivity index (χ3n) is 3.32. The predicted octanol–water partition coefficient (Wildman–Crippen LogP) is 4.21. The molecule has 6 heteroatoms. The van der Waals surface area contributed by atoms with E-state index in [9.17, 15) is 0 Å². The molecule has 0 amide bonds. The molecule has 2 aromatic rings. The number of unbranched alkanes of at least 4 members (excludes halogenated alkanes) is 2. The maximum atomic E-state index is 5.43. The van der Waals surface area contributed by atoms with E-state index in [4.69, 9.17) is 4.74 Å². The van der Waals surface area contributed by atoms with E-state index in [1.165, 1.54) is 19.3 Å². The van der Waals surface area contributed by atoms with Crippen LogP contribution in [0, 0.1) is 0 Å². The normalized spacial score (nSPS) is 9.73. The van der Waals surface area contributed by atoms with Crippen LogP contribution in [0.5, 0.6) is 5.75 Å². The number of halogens is 2. The molecule has 0 fully saturated rings. The van der Waals surface area contributed by atoms with Crippen LogP contribution in [-0.4, -0.2) is 23.6 Å². The molecule has 1 heterocycles. The number of aromatic amines is 1. The minimum absolute atomic E-state index is 0. The predicted molar refractivity (Wildman–Crippen MR) is 96.3 cm³/mol. The highest BCUT2D eigenvalue weighted by atomic mass is 35.5. The van der Waals surface area contributed by atoms with Gasteiger partial charge in [-0.05, 0) is 31.2 Å². The van der Waals surface area contributed by atoms with E-state index in [-0.39, 0.29) is 24.8 Å². The summed E-state index contributed by atoms with van der Waals surface area (Å²) in [5, 5.41) is 3.47. The number of benzene rings is 1. The van der Waals surface area contributed by atoms with Crippen molar-refractivity contribution in [2.24, 2.45) is 0 Å². The first-order chi connectivity index (χ1) is 9.85. The van der Waals surface area contributed by atoms with E-state index in [1.807, 2.05) is 18.3 Å². The number of rotatable bonds is 8. The van der Waals surface area contributed by atoms with Crippen molar-refractivity contribution in [2.75, 3.05) is 13.7 Å². The molecule has 0 saturated heterocycles. The van der Waals surface area contributed by atoms with Crippen LogP contribution >= 0.6 is 24.8 Å². The molecule has 0 aliphatic heterocycles. The van der Waals surface area contributed by atoms with Crippen molar-refractivity contribution in [1.82, 2.24) is 15.3 Å². The minimum Gasteiger partial charge on any atom is -0.496 e. The fourth-order valence-electron chi connectivity index (χ4n) is 2.21. The van der Waals surface area contributed by atoms with Crippen LogP contribution in [0.3, 0.4) is 0 Å². The molecule has 0 spiro atoms. The van der Waals surface area contributed by atoms with Crippen LogP contribution in [-0.2, 0) is 6.54 Å². The van der Waals surface area contributed by atoms with Crippen LogP contribution in [0.4, 0.5) is 0 Å². The summed E-state index contributed by atoms with van der Waals surface area (Å²) in [6.07, 6.45) is 7.34. The van der Waals surface area contributed by atoms with Gasteiger partial charge in [0.05, 0.1) is 7.11 Å². The minimum atomic E-state index is 0. The van der Waals surface area contributed by atoms with E-state index in [0.29, 0.717) is 0 Å². The van der Waals surface area contributed by atoms with E-state index in [2.05, 4.69) is 28.3 Å². The van der Waals surface area contributed by atoms with E-state index in [1.54, 1.807) is 13.3 Å². The molecule has 0 aliphatic rings. The molecule has 1 aromatic heterocycles.